The zero-order chi connectivity index (χ0) is 24.3. The fourth-order valence-corrected chi connectivity index (χ4v) is 7.03. The zero-order valence-electron chi connectivity index (χ0n) is 20.7. The van der Waals surface area contributed by atoms with Gasteiger partial charge in [0.2, 0.25) is 11.8 Å². The first-order chi connectivity index (χ1) is 16.8. The second-order valence-corrected chi connectivity index (χ2v) is 11.2. The predicted molar refractivity (Wildman–Crippen MR) is 131 cm³/mol. The molecule has 35 heavy (non-hydrogen) atoms. The van der Waals surface area contributed by atoms with Crippen molar-refractivity contribution in [3.8, 4) is 0 Å². The summed E-state index contributed by atoms with van der Waals surface area (Å²) in [5.74, 6) is 0.337. The number of hydrogen-bond donors (Lipinski definition) is 1. The molecule has 1 spiro atoms. The number of ether oxygens (including phenoxy) is 1. The number of nitrogens with zero attached hydrogens (tertiary/aromatic N) is 4. The van der Waals surface area contributed by atoms with E-state index in [0.717, 1.165) is 63.2 Å². The highest BCUT2D eigenvalue weighted by molar-refractivity contribution is 6.00. The van der Waals surface area contributed by atoms with E-state index in [1.807, 2.05) is 12.1 Å². The number of piperidine rings is 2. The van der Waals surface area contributed by atoms with E-state index in [0.29, 0.717) is 18.3 Å². The highest BCUT2D eigenvalue weighted by Gasteiger charge is 2.48. The molecule has 0 aliphatic carbocycles. The van der Waals surface area contributed by atoms with E-state index < -0.39 is 6.04 Å². The number of rotatable bonds is 4. The summed E-state index contributed by atoms with van der Waals surface area (Å²) in [6.07, 6.45) is 3.89. The van der Waals surface area contributed by atoms with Gasteiger partial charge >= 0.3 is 5.69 Å². The number of carbonyl (C=O) groups is 2. The van der Waals surface area contributed by atoms with E-state index in [1.165, 1.54) is 12.0 Å². The third-order valence-corrected chi connectivity index (χ3v) is 8.60. The molecule has 0 radical (unpaired) electrons. The molecular formula is C26H35N5O4. The Morgan fingerprint density at radius 2 is 1.86 bits per heavy atom. The van der Waals surface area contributed by atoms with Crippen molar-refractivity contribution in [2.45, 2.75) is 49.7 Å². The van der Waals surface area contributed by atoms with E-state index in [4.69, 9.17) is 4.74 Å². The molecule has 2 unspecified atom stereocenters. The van der Waals surface area contributed by atoms with Gasteiger partial charge in [-0.15, -0.1) is 0 Å². The second kappa shape index (κ2) is 8.57. The number of aryl methyl sites for hydroxylation is 1. The van der Waals surface area contributed by atoms with Crippen LogP contribution >= 0.6 is 0 Å². The molecule has 1 aromatic heterocycles. The number of carbonyl (C=O) groups excluding carboxylic acids is 2. The number of imide groups is 1. The number of imidazole rings is 1. The van der Waals surface area contributed by atoms with Crippen molar-refractivity contribution in [1.29, 1.82) is 0 Å². The highest BCUT2D eigenvalue weighted by Crippen LogP contribution is 2.39. The largest absolute Gasteiger partial charge is 0.372 e. The lowest BCUT2D eigenvalue weighted by molar-refractivity contribution is -0.135. The normalized spacial score (nSPS) is 28.1. The van der Waals surface area contributed by atoms with E-state index in [9.17, 15) is 14.4 Å². The van der Waals surface area contributed by atoms with Gasteiger partial charge in [-0.05, 0) is 69.3 Å². The van der Waals surface area contributed by atoms with Gasteiger partial charge in [0.15, 0.2) is 0 Å². The first kappa shape index (κ1) is 22.9. The van der Waals surface area contributed by atoms with Gasteiger partial charge in [-0.2, -0.15) is 0 Å². The van der Waals surface area contributed by atoms with Crippen LogP contribution in [-0.2, 0) is 21.4 Å². The van der Waals surface area contributed by atoms with Gasteiger partial charge in [-0.1, -0.05) is 12.1 Å². The fraction of sp³-hybridized carbons (Fsp3) is 0.654. The van der Waals surface area contributed by atoms with Gasteiger partial charge in [0.1, 0.15) is 6.04 Å². The smallest absolute Gasteiger partial charge is 0.329 e. The maximum atomic E-state index is 13.2. The van der Waals surface area contributed by atoms with E-state index in [1.54, 1.807) is 16.2 Å². The van der Waals surface area contributed by atoms with Gasteiger partial charge in [-0.3, -0.25) is 24.0 Å². The molecule has 0 saturated carbocycles. The molecule has 4 aliphatic rings. The summed E-state index contributed by atoms with van der Waals surface area (Å²) >= 11 is 0. The van der Waals surface area contributed by atoms with Crippen molar-refractivity contribution in [2.24, 2.45) is 13.0 Å². The monoisotopic (exact) mass is 481 g/mol. The number of benzene rings is 1. The third kappa shape index (κ3) is 3.93. The molecule has 188 valence electrons. The quantitative estimate of drug-likeness (QED) is 0.661. The SMILES string of the molecule is CN1CC2(CC(CN3CCC(c4cccc5c4n(C)c(=O)n5C4CCC(=O)NC4=O)CC3)CO2)C1. The van der Waals surface area contributed by atoms with Crippen molar-refractivity contribution in [2.75, 3.05) is 46.4 Å². The standard InChI is InChI=1S/C26H35N5O4/c1-28-15-26(16-28)12-17(14-35-26)13-30-10-8-18(9-11-30)19-4-3-5-20-23(19)29(2)25(34)31(20)21-6-7-22(32)27-24(21)33/h3-5,17-18,21H,6-16H2,1-2H3,(H,27,32,33). The van der Waals surface area contributed by atoms with Crippen molar-refractivity contribution < 1.29 is 14.3 Å². The van der Waals surface area contributed by atoms with E-state index >= 15 is 0 Å². The predicted octanol–water partition coefficient (Wildman–Crippen LogP) is 1.22. The maximum absolute atomic E-state index is 13.2. The minimum absolute atomic E-state index is 0.119. The Bertz CT molecular complexity index is 1220. The van der Waals surface area contributed by atoms with Gasteiger partial charge in [-0.25, -0.2) is 4.79 Å². The molecule has 4 aliphatic heterocycles. The number of amides is 2. The van der Waals surface area contributed by atoms with E-state index in [2.05, 4.69) is 28.2 Å². The van der Waals surface area contributed by atoms with Crippen LogP contribution in [0.15, 0.2) is 23.0 Å². The van der Waals surface area contributed by atoms with Crippen LogP contribution in [0.4, 0.5) is 0 Å². The Balaban J connectivity index is 1.17. The summed E-state index contributed by atoms with van der Waals surface area (Å²) in [4.78, 5) is 42.3. The number of fused-ring (bicyclic) bond motifs is 1. The molecule has 4 saturated heterocycles. The molecule has 2 amide bonds. The van der Waals surface area contributed by atoms with Crippen LogP contribution in [0.3, 0.4) is 0 Å². The number of aromatic nitrogens is 2. The Kier molecular flexibility index (Phi) is 5.62. The van der Waals surface area contributed by atoms with Crippen molar-refractivity contribution in [3.63, 3.8) is 0 Å². The highest BCUT2D eigenvalue weighted by atomic mass is 16.5. The van der Waals surface area contributed by atoms with Crippen LogP contribution in [-0.4, -0.2) is 82.7 Å². The average Bonchev–Trinajstić information content (AvgIpc) is 3.34. The van der Waals surface area contributed by atoms with Crippen LogP contribution in [0, 0.1) is 5.92 Å². The minimum Gasteiger partial charge on any atom is -0.372 e. The lowest BCUT2D eigenvalue weighted by atomic mass is 9.86. The van der Waals surface area contributed by atoms with Gasteiger partial charge in [0.25, 0.3) is 0 Å². The third-order valence-electron chi connectivity index (χ3n) is 8.60. The van der Waals surface area contributed by atoms with Gasteiger partial charge < -0.3 is 14.5 Å². The van der Waals surface area contributed by atoms with E-state index in [-0.39, 0.29) is 29.5 Å². The van der Waals surface area contributed by atoms with Gasteiger partial charge in [0.05, 0.1) is 23.2 Å². The number of para-hydroxylation sites is 1. The summed E-state index contributed by atoms with van der Waals surface area (Å²) in [5, 5.41) is 2.39. The van der Waals surface area contributed by atoms with Crippen molar-refractivity contribution >= 4 is 22.8 Å². The van der Waals surface area contributed by atoms with Crippen molar-refractivity contribution in [3.05, 3.63) is 34.2 Å². The number of likely N-dealkylation sites (N-methyl/N-ethyl adjacent to an activating group) is 1. The summed E-state index contributed by atoms with van der Waals surface area (Å²) in [5.41, 5.74) is 2.81. The summed E-state index contributed by atoms with van der Waals surface area (Å²) in [6, 6.07) is 5.41. The lowest BCUT2D eigenvalue weighted by Crippen LogP contribution is -2.59. The topological polar surface area (TPSA) is 88.8 Å². The summed E-state index contributed by atoms with van der Waals surface area (Å²) in [7, 11) is 3.95. The molecule has 0 bridgehead atoms. The molecule has 2 aromatic rings. The molecule has 2 atom stereocenters. The Labute approximate surface area is 205 Å². The molecule has 4 fully saturated rings. The molecular weight excluding hydrogens is 446 g/mol. The van der Waals surface area contributed by atoms with Crippen LogP contribution < -0.4 is 11.0 Å². The first-order valence-corrected chi connectivity index (χ1v) is 12.9. The molecule has 6 rings (SSSR count). The zero-order valence-corrected chi connectivity index (χ0v) is 20.7. The summed E-state index contributed by atoms with van der Waals surface area (Å²) < 4.78 is 9.45. The first-order valence-electron chi connectivity index (χ1n) is 12.9. The molecule has 5 heterocycles. The maximum Gasteiger partial charge on any atom is 0.329 e. The molecule has 1 N–H and O–H groups in total. The second-order valence-electron chi connectivity index (χ2n) is 11.2. The lowest BCUT2D eigenvalue weighted by Gasteiger charge is -2.45. The number of hydrogen-bond acceptors (Lipinski definition) is 6. The fourth-order valence-electron chi connectivity index (χ4n) is 7.03. The van der Waals surface area contributed by atoms with Crippen LogP contribution in [0.2, 0.25) is 0 Å². The molecule has 9 nitrogen and oxygen atoms in total. The molecule has 1 aromatic carbocycles. The Morgan fingerprint density at radius 3 is 2.57 bits per heavy atom. The van der Waals surface area contributed by atoms with Crippen LogP contribution in [0.5, 0.6) is 0 Å². The Morgan fingerprint density at radius 1 is 1.09 bits per heavy atom. The molecule has 9 heteroatoms. The number of nitrogens with one attached hydrogen (secondary N) is 1. The average molecular weight is 482 g/mol. The number of likely N-dealkylation sites (tertiary alicyclic amines) is 2. The van der Waals surface area contributed by atoms with Crippen LogP contribution in [0.25, 0.3) is 11.0 Å². The Hall–Kier alpha value is -2.49. The minimum atomic E-state index is -0.645. The van der Waals surface area contributed by atoms with Crippen LogP contribution in [0.1, 0.15) is 49.6 Å². The van der Waals surface area contributed by atoms with Gasteiger partial charge in [0, 0.05) is 33.1 Å². The van der Waals surface area contributed by atoms with Crippen molar-refractivity contribution in [1.82, 2.24) is 24.3 Å². The summed E-state index contributed by atoms with van der Waals surface area (Å²) in [6.45, 7) is 6.20.